The van der Waals surface area contributed by atoms with Crippen LogP contribution in [0.2, 0.25) is 0 Å². The molecule has 1 aliphatic rings. The predicted molar refractivity (Wildman–Crippen MR) is 126 cm³/mol. The Morgan fingerprint density at radius 1 is 0.970 bits per heavy atom. The molecule has 7 nitrogen and oxygen atoms in total. The number of nitrogens with one attached hydrogen (secondary N) is 2. The van der Waals surface area contributed by atoms with E-state index >= 15 is 0 Å². The van der Waals surface area contributed by atoms with Gasteiger partial charge in [-0.3, -0.25) is 4.79 Å². The first-order valence-corrected chi connectivity index (χ1v) is 11.0. The first-order valence-electron chi connectivity index (χ1n) is 11.0. The highest BCUT2D eigenvalue weighted by Gasteiger charge is 2.19. The highest BCUT2D eigenvalue weighted by molar-refractivity contribution is 5.76. The molecule has 1 atom stereocenters. The van der Waals surface area contributed by atoms with Crippen molar-refractivity contribution in [2.24, 2.45) is 0 Å². The van der Waals surface area contributed by atoms with Gasteiger partial charge in [0.05, 0.1) is 7.11 Å². The lowest BCUT2D eigenvalue weighted by atomic mass is 10.1. The van der Waals surface area contributed by atoms with Crippen LogP contribution >= 0.6 is 0 Å². The van der Waals surface area contributed by atoms with Gasteiger partial charge in [-0.25, -0.2) is 4.79 Å². The van der Waals surface area contributed by atoms with E-state index < -0.39 is 12.1 Å². The van der Waals surface area contributed by atoms with Gasteiger partial charge in [-0.1, -0.05) is 60.7 Å². The second-order valence-corrected chi connectivity index (χ2v) is 7.57. The van der Waals surface area contributed by atoms with Crippen molar-refractivity contribution in [3.63, 3.8) is 0 Å². The van der Waals surface area contributed by atoms with Crippen LogP contribution in [0.25, 0.3) is 0 Å². The van der Waals surface area contributed by atoms with Gasteiger partial charge in [-0.15, -0.1) is 0 Å². The standard InChI is InChI=1S/C26H30N2O5/c1-31-25(29)24(27-15-16-28-26(30)33-19-22-7-3-2-4-8-22)17-20-11-13-23(14-12-20)32-18-21-9-5-6-10-21/h2-5,7-14,24,27H,6,15-19H2,1H3,(H,28,30). The second-order valence-electron chi connectivity index (χ2n) is 7.57. The molecule has 1 unspecified atom stereocenters. The molecule has 0 bridgehead atoms. The van der Waals surface area contributed by atoms with Crippen molar-refractivity contribution in [1.82, 2.24) is 10.6 Å². The molecule has 2 N–H and O–H groups in total. The third-order valence-electron chi connectivity index (χ3n) is 5.10. The van der Waals surface area contributed by atoms with E-state index in [9.17, 15) is 9.59 Å². The largest absolute Gasteiger partial charge is 0.489 e. The smallest absolute Gasteiger partial charge is 0.407 e. The molecule has 0 saturated heterocycles. The van der Waals surface area contributed by atoms with Gasteiger partial charge in [-0.05, 0) is 41.7 Å². The number of ether oxygens (including phenoxy) is 3. The van der Waals surface area contributed by atoms with Crippen molar-refractivity contribution in [3.05, 3.63) is 89.5 Å². The van der Waals surface area contributed by atoms with Gasteiger partial charge in [0, 0.05) is 13.1 Å². The van der Waals surface area contributed by atoms with Gasteiger partial charge in [0.1, 0.15) is 25.0 Å². The second kappa shape index (κ2) is 13.1. The fraction of sp³-hybridized carbons (Fsp3) is 0.308. The summed E-state index contributed by atoms with van der Waals surface area (Å²) in [7, 11) is 1.36. The molecule has 1 aliphatic carbocycles. The summed E-state index contributed by atoms with van der Waals surface area (Å²) in [5.41, 5.74) is 3.06. The summed E-state index contributed by atoms with van der Waals surface area (Å²) in [5, 5.41) is 5.81. The molecule has 2 aromatic carbocycles. The molecule has 0 spiro atoms. The van der Waals surface area contributed by atoms with E-state index in [2.05, 4.69) is 28.9 Å². The van der Waals surface area contributed by atoms with Gasteiger partial charge < -0.3 is 24.8 Å². The Labute approximate surface area is 194 Å². The lowest BCUT2D eigenvalue weighted by Gasteiger charge is -2.17. The molecule has 3 rings (SSSR count). The number of rotatable bonds is 12. The Bertz CT molecular complexity index is 954. The number of esters is 1. The summed E-state index contributed by atoms with van der Waals surface area (Å²) in [6.45, 7) is 1.46. The lowest BCUT2D eigenvalue weighted by molar-refractivity contribution is -0.143. The fourth-order valence-corrected chi connectivity index (χ4v) is 3.30. The number of carbonyl (C=O) groups is 2. The average Bonchev–Trinajstić information content (AvgIpc) is 3.38. The zero-order valence-corrected chi connectivity index (χ0v) is 18.8. The van der Waals surface area contributed by atoms with Gasteiger partial charge in [-0.2, -0.15) is 0 Å². The zero-order chi connectivity index (χ0) is 23.3. The third-order valence-corrected chi connectivity index (χ3v) is 5.10. The molecular weight excluding hydrogens is 420 g/mol. The molecule has 0 saturated carbocycles. The van der Waals surface area contributed by atoms with Crippen LogP contribution in [0.5, 0.6) is 5.75 Å². The number of methoxy groups -OCH3 is 1. The number of hydrogen-bond donors (Lipinski definition) is 2. The minimum Gasteiger partial charge on any atom is -0.489 e. The Kier molecular flexibility index (Phi) is 9.54. The molecule has 0 radical (unpaired) electrons. The highest BCUT2D eigenvalue weighted by Crippen LogP contribution is 2.16. The monoisotopic (exact) mass is 450 g/mol. The number of alkyl carbamates (subject to hydrolysis) is 1. The van der Waals surface area contributed by atoms with Crippen LogP contribution in [-0.4, -0.2) is 44.9 Å². The van der Waals surface area contributed by atoms with Gasteiger partial charge in [0.15, 0.2) is 0 Å². The van der Waals surface area contributed by atoms with Crippen molar-refractivity contribution in [2.75, 3.05) is 26.8 Å². The lowest BCUT2D eigenvalue weighted by Crippen LogP contribution is -2.43. The molecule has 0 fully saturated rings. The Morgan fingerprint density at radius 3 is 2.45 bits per heavy atom. The minimum atomic E-state index is -0.530. The number of benzene rings is 2. The highest BCUT2D eigenvalue weighted by atomic mass is 16.5. The van der Waals surface area contributed by atoms with Crippen molar-refractivity contribution in [2.45, 2.75) is 25.5 Å². The van der Waals surface area contributed by atoms with Crippen molar-refractivity contribution < 1.29 is 23.8 Å². The summed E-state index contributed by atoms with van der Waals surface area (Å²) >= 11 is 0. The third kappa shape index (κ3) is 8.46. The summed E-state index contributed by atoms with van der Waals surface area (Å²) in [6.07, 6.45) is 7.22. The van der Waals surface area contributed by atoms with Crippen LogP contribution in [0.3, 0.4) is 0 Å². The maximum absolute atomic E-state index is 12.2. The maximum atomic E-state index is 12.2. The Balaban J connectivity index is 1.39. The summed E-state index contributed by atoms with van der Waals surface area (Å²) in [4.78, 5) is 24.0. The van der Waals surface area contributed by atoms with Crippen LogP contribution in [0.4, 0.5) is 4.79 Å². The molecule has 1 amide bonds. The van der Waals surface area contributed by atoms with Crippen LogP contribution in [-0.2, 0) is 27.3 Å². The average molecular weight is 451 g/mol. The summed E-state index contributed by atoms with van der Waals surface area (Å²) in [6, 6.07) is 16.6. The van der Waals surface area contributed by atoms with E-state index in [1.165, 1.54) is 12.7 Å². The van der Waals surface area contributed by atoms with Crippen LogP contribution in [0.1, 0.15) is 17.5 Å². The topological polar surface area (TPSA) is 85.9 Å². The normalized spacial score (nSPS) is 13.2. The van der Waals surface area contributed by atoms with Crippen LogP contribution < -0.4 is 15.4 Å². The SMILES string of the molecule is COC(=O)C(Cc1ccc(OCC2=CCC=C2)cc1)NCCNC(=O)OCc1ccccc1. The quantitative estimate of drug-likeness (QED) is 0.380. The van der Waals surface area contributed by atoms with Gasteiger partial charge in [0.25, 0.3) is 0 Å². The van der Waals surface area contributed by atoms with E-state index in [1.54, 1.807) is 0 Å². The minimum absolute atomic E-state index is 0.207. The molecule has 0 heterocycles. The first-order chi connectivity index (χ1) is 16.1. The van der Waals surface area contributed by atoms with E-state index in [1.807, 2.05) is 54.6 Å². The van der Waals surface area contributed by atoms with Crippen molar-refractivity contribution in [1.29, 1.82) is 0 Å². The summed E-state index contributed by atoms with van der Waals surface area (Å²) < 4.78 is 15.9. The van der Waals surface area contributed by atoms with Gasteiger partial charge >= 0.3 is 12.1 Å². The van der Waals surface area contributed by atoms with Crippen molar-refractivity contribution in [3.8, 4) is 5.75 Å². The predicted octanol–water partition coefficient (Wildman–Crippen LogP) is 3.55. The first kappa shape index (κ1) is 24.1. The molecule has 174 valence electrons. The Hall–Kier alpha value is -3.58. The van der Waals surface area contributed by atoms with Gasteiger partial charge in [0.2, 0.25) is 0 Å². The van der Waals surface area contributed by atoms with E-state index in [0.717, 1.165) is 23.3 Å². The van der Waals surface area contributed by atoms with Crippen LogP contribution in [0, 0.1) is 0 Å². The molecule has 7 heteroatoms. The van der Waals surface area contributed by atoms with E-state index in [-0.39, 0.29) is 12.6 Å². The molecular formula is C26H30N2O5. The molecule has 0 aliphatic heterocycles. The fourth-order valence-electron chi connectivity index (χ4n) is 3.30. The number of hydrogen-bond acceptors (Lipinski definition) is 6. The Morgan fingerprint density at radius 2 is 1.76 bits per heavy atom. The molecule has 33 heavy (non-hydrogen) atoms. The number of allylic oxidation sites excluding steroid dienone is 2. The van der Waals surface area contributed by atoms with E-state index in [4.69, 9.17) is 14.2 Å². The number of amides is 1. The molecule has 0 aromatic heterocycles. The maximum Gasteiger partial charge on any atom is 0.407 e. The number of carbonyl (C=O) groups excluding carboxylic acids is 2. The van der Waals surface area contributed by atoms with Crippen molar-refractivity contribution >= 4 is 12.1 Å². The zero-order valence-electron chi connectivity index (χ0n) is 18.8. The van der Waals surface area contributed by atoms with E-state index in [0.29, 0.717) is 26.1 Å². The van der Waals surface area contributed by atoms with Crippen LogP contribution in [0.15, 0.2) is 78.4 Å². The summed E-state index contributed by atoms with van der Waals surface area (Å²) in [5.74, 6) is 0.419. The molecule has 2 aromatic rings.